The van der Waals surface area contributed by atoms with Crippen molar-refractivity contribution in [1.82, 2.24) is 4.90 Å². The molecule has 0 aromatic heterocycles. The van der Waals surface area contributed by atoms with Crippen LogP contribution in [-0.4, -0.2) is 28.2 Å². The number of nitrogens with zero attached hydrogens (tertiary/aromatic N) is 2. The van der Waals surface area contributed by atoms with Crippen LogP contribution >= 0.6 is 0 Å². The molecule has 0 saturated heterocycles. The number of hydrogen-bond acceptors (Lipinski definition) is 4. The lowest BCUT2D eigenvalue weighted by Crippen LogP contribution is -2.29. The van der Waals surface area contributed by atoms with Crippen LogP contribution in [0.25, 0.3) is 0 Å². The zero-order valence-electron chi connectivity index (χ0n) is 8.70. The van der Waals surface area contributed by atoms with Crippen molar-refractivity contribution < 1.29 is 14.5 Å². The van der Waals surface area contributed by atoms with Gasteiger partial charge in [-0.15, -0.1) is 0 Å². The minimum atomic E-state index is -0.641. The number of carbonyl (C=O) groups is 2. The summed E-state index contributed by atoms with van der Waals surface area (Å²) in [5.41, 5.74) is 0.680. The summed E-state index contributed by atoms with van der Waals surface area (Å²) in [4.78, 5) is 34.0. The Hall–Kier alpha value is -2.50. The molecule has 0 bridgehead atoms. The third kappa shape index (κ3) is 1.92. The molecule has 1 heterocycles. The zero-order valence-corrected chi connectivity index (χ0v) is 8.70. The predicted molar refractivity (Wildman–Crippen MR) is 57.9 cm³/mol. The number of hydrogen-bond donors (Lipinski definition) is 0. The van der Waals surface area contributed by atoms with E-state index in [4.69, 9.17) is 0 Å². The molecule has 1 aliphatic heterocycles. The van der Waals surface area contributed by atoms with Crippen molar-refractivity contribution in [2.24, 2.45) is 0 Å². The van der Waals surface area contributed by atoms with Crippen molar-refractivity contribution in [2.45, 2.75) is 0 Å². The van der Waals surface area contributed by atoms with E-state index >= 15 is 0 Å². The fraction of sp³-hybridized carbons (Fsp3) is 0.0909. The van der Waals surface area contributed by atoms with Crippen LogP contribution in [0.15, 0.2) is 36.5 Å². The van der Waals surface area contributed by atoms with Gasteiger partial charge in [-0.3, -0.25) is 24.6 Å². The van der Waals surface area contributed by atoms with Gasteiger partial charge in [-0.25, -0.2) is 0 Å². The van der Waals surface area contributed by atoms with Gasteiger partial charge in [0.05, 0.1) is 22.6 Å². The maximum absolute atomic E-state index is 11.8. The second kappa shape index (κ2) is 4.17. The van der Waals surface area contributed by atoms with Crippen LogP contribution in [-0.2, 0) is 0 Å². The molecule has 1 aromatic rings. The van der Waals surface area contributed by atoms with Gasteiger partial charge in [-0.1, -0.05) is 12.1 Å². The lowest BCUT2D eigenvalue weighted by atomic mass is 10.1. The van der Waals surface area contributed by atoms with Crippen LogP contribution in [0.2, 0.25) is 0 Å². The van der Waals surface area contributed by atoms with Crippen LogP contribution in [0.4, 0.5) is 0 Å². The predicted octanol–water partition coefficient (Wildman–Crippen LogP) is 1.07. The molecule has 2 amide bonds. The summed E-state index contributed by atoms with van der Waals surface area (Å²) in [6, 6.07) is 6.46. The normalized spacial score (nSPS) is 14.5. The van der Waals surface area contributed by atoms with E-state index in [1.807, 2.05) is 0 Å². The summed E-state index contributed by atoms with van der Waals surface area (Å²) in [7, 11) is 0. The minimum absolute atomic E-state index is 0.0900. The fourth-order valence-electron chi connectivity index (χ4n) is 1.64. The van der Waals surface area contributed by atoms with Crippen LogP contribution in [0.5, 0.6) is 0 Å². The SMILES string of the molecule is O=C1c2ccccc2C(=O)N1CC=C[N+](=O)[O-]. The van der Waals surface area contributed by atoms with E-state index in [-0.39, 0.29) is 6.54 Å². The first-order valence-corrected chi connectivity index (χ1v) is 4.86. The molecule has 17 heavy (non-hydrogen) atoms. The standard InChI is InChI=1S/C11H8N2O4/c14-10-8-4-1-2-5-9(8)11(15)12(10)6-3-7-13(16)17/h1-5,7H,6H2. The Morgan fingerprint density at radius 3 is 2.18 bits per heavy atom. The molecule has 0 saturated carbocycles. The van der Waals surface area contributed by atoms with Crippen molar-refractivity contribution in [3.8, 4) is 0 Å². The molecule has 0 N–H and O–H groups in total. The summed E-state index contributed by atoms with van der Waals surface area (Å²) in [6.45, 7) is -0.0900. The smallest absolute Gasteiger partial charge is 0.261 e. The number of amides is 2. The second-order valence-corrected chi connectivity index (χ2v) is 3.44. The van der Waals surface area contributed by atoms with Crippen molar-refractivity contribution in [2.75, 3.05) is 6.54 Å². The van der Waals surface area contributed by atoms with Crippen molar-refractivity contribution in [3.05, 3.63) is 57.8 Å². The average Bonchev–Trinajstić information content (AvgIpc) is 2.54. The number of rotatable bonds is 3. The van der Waals surface area contributed by atoms with Gasteiger partial charge < -0.3 is 0 Å². The molecule has 6 heteroatoms. The molecule has 0 fully saturated rings. The maximum Gasteiger partial charge on any atom is 0.261 e. The number of carbonyl (C=O) groups excluding carboxylic acids is 2. The summed E-state index contributed by atoms with van der Waals surface area (Å²) >= 11 is 0. The van der Waals surface area contributed by atoms with E-state index in [1.165, 1.54) is 6.08 Å². The number of nitro groups is 1. The van der Waals surface area contributed by atoms with Crippen LogP contribution in [0.1, 0.15) is 20.7 Å². The molecule has 0 spiro atoms. The Labute approximate surface area is 96.3 Å². The lowest BCUT2D eigenvalue weighted by molar-refractivity contribution is -0.402. The highest BCUT2D eigenvalue weighted by atomic mass is 16.6. The molecule has 6 nitrogen and oxygen atoms in total. The molecule has 0 unspecified atom stereocenters. The van der Waals surface area contributed by atoms with Crippen molar-refractivity contribution in [1.29, 1.82) is 0 Å². The summed E-state index contributed by atoms with van der Waals surface area (Å²) in [5, 5.41) is 10.1. The van der Waals surface area contributed by atoms with Crippen molar-refractivity contribution >= 4 is 11.8 Å². The first kappa shape index (κ1) is 11.0. The summed E-state index contributed by atoms with van der Waals surface area (Å²) in [6.07, 6.45) is 1.88. The van der Waals surface area contributed by atoms with E-state index < -0.39 is 16.7 Å². The Morgan fingerprint density at radius 2 is 1.71 bits per heavy atom. The lowest BCUT2D eigenvalue weighted by Gasteiger charge is -2.09. The number of imide groups is 1. The summed E-state index contributed by atoms with van der Waals surface area (Å²) in [5.74, 6) is -0.836. The third-order valence-corrected chi connectivity index (χ3v) is 2.39. The van der Waals surface area contributed by atoms with Gasteiger partial charge in [0, 0.05) is 6.08 Å². The van der Waals surface area contributed by atoms with Gasteiger partial charge in [0.15, 0.2) is 0 Å². The quantitative estimate of drug-likeness (QED) is 0.443. The molecular formula is C11H8N2O4. The van der Waals surface area contributed by atoms with Crippen molar-refractivity contribution in [3.63, 3.8) is 0 Å². The van der Waals surface area contributed by atoms with Crippen LogP contribution in [0.3, 0.4) is 0 Å². The van der Waals surface area contributed by atoms with Gasteiger partial charge in [-0.2, -0.15) is 0 Å². The van der Waals surface area contributed by atoms with Gasteiger partial charge >= 0.3 is 0 Å². The molecule has 0 radical (unpaired) electrons. The molecular weight excluding hydrogens is 224 g/mol. The number of fused-ring (bicyclic) bond motifs is 1. The van der Waals surface area contributed by atoms with Gasteiger partial charge in [0.2, 0.25) is 6.20 Å². The van der Waals surface area contributed by atoms with Gasteiger partial charge in [-0.05, 0) is 12.1 Å². The van der Waals surface area contributed by atoms with Crippen LogP contribution < -0.4 is 0 Å². The molecule has 86 valence electrons. The first-order chi connectivity index (χ1) is 8.11. The first-order valence-electron chi connectivity index (χ1n) is 4.86. The monoisotopic (exact) mass is 232 g/mol. The summed E-state index contributed by atoms with van der Waals surface area (Å²) < 4.78 is 0. The van der Waals surface area contributed by atoms with E-state index in [0.717, 1.165) is 4.90 Å². The van der Waals surface area contributed by atoms with E-state index in [9.17, 15) is 19.7 Å². The Morgan fingerprint density at radius 1 is 1.18 bits per heavy atom. The second-order valence-electron chi connectivity index (χ2n) is 3.44. The van der Waals surface area contributed by atoms with E-state index in [2.05, 4.69) is 0 Å². The zero-order chi connectivity index (χ0) is 12.4. The Kier molecular flexibility index (Phi) is 2.70. The molecule has 2 rings (SSSR count). The largest absolute Gasteiger partial charge is 0.270 e. The highest BCUT2D eigenvalue weighted by molar-refractivity contribution is 6.21. The minimum Gasteiger partial charge on any atom is -0.270 e. The maximum atomic E-state index is 11.8. The highest BCUT2D eigenvalue weighted by Crippen LogP contribution is 2.21. The van der Waals surface area contributed by atoms with E-state index in [0.29, 0.717) is 17.3 Å². The molecule has 0 atom stereocenters. The molecule has 1 aromatic carbocycles. The highest BCUT2D eigenvalue weighted by Gasteiger charge is 2.34. The van der Waals surface area contributed by atoms with Crippen LogP contribution in [0, 0.1) is 10.1 Å². The number of benzene rings is 1. The van der Waals surface area contributed by atoms with Gasteiger partial charge in [0.1, 0.15) is 0 Å². The molecule has 0 aliphatic carbocycles. The molecule has 1 aliphatic rings. The Balaban J connectivity index is 2.22. The Bertz CT molecular complexity index is 501. The fourth-order valence-corrected chi connectivity index (χ4v) is 1.64. The topological polar surface area (TPSA) is 80.5 Å². The van der Waals surface area contributed by atoms with Gasteiger partial charge in [0.25, 0.3) is 11.8 Å². The van der Waals surface area contributed by atoms with E-state index in [1.54, 1.807) is 24.3 Å². The average molecular weight is 232 g/mol. The third-order valence-electron chi connectivity index (χ3n) is 2.39.